The Morgan fingerprint density at radius 2 is 1.88 bits per heavy atom. The fraction of sp³-hybridized carbons (Fsp3) is 0.500. The summed E-state index contributed by atoms with van der Waals surface area (Å²) in [6, 6.07) is 6.02. The van der Waals surface area contributed by atoms with E-state index in [4.69, 9.17) is 28.8 Å². The molecule has 3 unspecified atom stereocenters. The van der Waals surface area contributed by atoms with Crippen LogP contribution in [0.2, 0.25) is 0 Å². The van der Waals surface area contributed by atoms with Crippen LogP contribution in [0.5, 0.6) is 0 Å². The standard InChI is InChI=1S/C22H31ClN6O4/c23-13-18(30)19(31)17(9-5-11-28-22(25)26)29(21(33)16-8-4-10-27-16)20(32)15(24)12-14-6-2-1-3-7-14/h1-3,6-7,15-17,27H,4-5,8-13,24H2,(H4,25,26,28). The Morgan fingerprint density at radius 3 is 2.45 bits per heavy atom. The van der Waals surface area contributed by atoms with E-state index in [2.05, 4.69) is 10.3 Å². The molecule has 1 aliphatic rings. The monoisotopic (exact) mass is 478 g/mol. The number of hydrogen-bond acceptors (Lipinski definition) is 7. The Kier molecular flexibility index (Phi) is 10.4. The van der Waals surface area contributed by atoms with Crippen molar-refractivity contribution in [2.24, 2.45) is 22.2 Å². The van der Waals surface area contributed by atoms with Gasteiger partial charge >= 0.3 is 0 Å². The normalized spacial score (nSPS) is 17.1. The number of rotatable bonds is 12. The summed E-state index contributed by atoms with van der Waals surface area (Å²) in [5, 5.41) is 3.04. The zero-order valence-electron chi connectivity index (χ0n) is 18.4. The number of benzene rings is 1. The summed E-state index contributed by atoms with van der Waals surface area (Å²) in [7, 11) is 0. The molecular weight excluding hydrogens is 448 g/mol. The van der Waals surface area contributed by atoms with Crippen LogP contribution in [0.4, 0.5) is 0 Å². The van der Waals surface area contributed by atoms with Gasteiger partial charge in [0.1, 0.15) is 6.04 Å². The predicted octanol–water partition coefficient (Wildman–Crippen LogP) is -0.537. The lowest BCUT2D eigenvalue weighted by Crippen LogP contribution is -2.59. The molecule has 1 fully saturated rings. The fourth-order valence-corrected chi connectivity index (χ4v) is 3.87. The first-order valence-corrected chi connectivity index (χ1v) is 11.4. The first-order chi connectivity index (χ1) is 15.8. The minimum absolute atomic E-state index is 0.000495. The van der Waals surface area contributed by atoms with Crippen LogP contribution in [0.1, 0.15) is 31.2 Å². The van der Waals surface area contributed by atoms with E-state index in [1.807, 2.05) is 30.3 Å². The Hall–Kier alpha value is -2.82. The quantitative estimate of drug-likeness (QED) is 0.102. The summed E-state index contributed by atoms with van der Waals surface area (Å²) >= 11 is 5.60. The van der Waals surface area contributed by atoms with Crippen LogP contribution in [0.3, 0.4) is 0 Å². The third kappa shape index (κ3) is 7.62. The second-order valence-electron chi connectivity index (χ2n) is 7.88. The zero-order valence-corrected chi connectivity index (χ0v) is 19.2. The average molecular weight is 479 g/mol. The van der Waals surface area contributed by atoms with Crippen LogP contribution in [0.25, 0.3) is 0 Å². The highest BCUT2D eigenvalue weighted by Gasteiger charge is 2.41. The molecule has 1 aliphatic heterocycles. The zero-order chi connectivity index (χ0) is 24.4. The molecule has 2 amide bonds. The van der Waals surface area contributed by atoms with E-state index >= 15 is 0 Å². The molecule has 1 heterocycles. The second-order valence-corrected chi connectivity index (χ2v) is 8.14. The van der Waals surface area contributed by atoms with E-state index in [-0.39, 0.29) is 31.8 Å². The number of aliphatic imine (C=N–C) groups is 1. The Morgan fingerprint density at radius 1 is 1.18 bits per heavy atom. The number of ketones is 2. The molecule has 1 aromatic rings. The lowest BCUT2D eigenvalue weighted by molar-refractivity contribution is -0.154. The van der Waals surface area contributed by atoms with Crippen molar-refractivity contribution in [1.82, 2.24) is 10.2 Å². The molecule has 0 radical (unpaired) electrons. The number of hydrogen-bond donors (Lipinski definition) is 4. The third-order valence-corrected chi connectivity index (χ3v) is 5.63. The number of nitrogens with two attached hydrogens (primary N) is 3. The van der Waals surface area contributed by atoms with Crippen molar-refractivity contribution in [3.05, 3.63) is 35.9 Å². The van der Waals surface area contributed by atoms with Gasteiger partial charge < -0.3 is 22.5 Å². The topological polar surface area (TPSA) is 174 Å². The number of carbonyl (C=O) groups excluding carboxylic acids is 4. The highest BCUT2D eigenvalue weighted by Crippen LogP contribution is 2.18. The summed E-state index contributed by atoms with van der Waals surface area (Å²) < 4.78 is 0. The maximum atomic E-state index is 13.4. The predicted molar refractivity (Wildman–Crippen MR) is 125 cm³/mol. The summed E-state index contributed by atoms with van der Waals surface area (Å²) in [5.41, 5.74) is 17.7. The number of nitrogens with one attached hydrogen (secondary N) is 1. The van der Waals surface area contributed by atoms with Crippen LogP contribution in [0.15, 0.2) is 35.3 Å². The summed E-state index contributed by atoms with van der Waals surface area (Å²) in [5.74, 6) is -3.79. The Bertz CT molecular complexity index is 869. The van der Waals surface area contributed by atoms with E-state index in [0.717, 1.165) is 16.9 Å². The minimum atomic E-state index is -1.34. The van der Waals surface area contributed by atoms with Gasteiger partial charge in [-0.2, -0.15) is 0 Å². The van der Waals surface area contributed by atoms with Gasteiger partial charge in [-0.1, -0.05) is 30.3 Å². The number of amides is 2. The van der Waals surface area contributed by atoms with Crippen LogP contribution < -0.4 is 22.5 Å². The maximum absolute atomic E-state index is 13.4. The van der Waals surface area contributed by atoms with Crippen LogP contribution in [0, 0.1) is 0 Å². The van der Waals surface area contributed by atoms with E-state index in [1.165, 1.54) is 0 Å². The van der Waals surface area contributed by atoms with E-state index in [0.29, 0.717) is 13.0 Å². The van der Waals surface area contributed by atoms with E-state index < -0.39 is 47.4 Å². The SMILES string of the molecule is NC(N)=NCCCC(C(=O)C(=O)CCl)N(C(=O)C(N)Cc1ccccc1)C(=O)C1CCCN1. The van der Waals surface area contributed by atoms with Gasteiger partial charge in [0.15, 0.2) is 5.96 Å². The van der Waals surface area contributed by atoms with Gasteiger partial charge in [0.05, 0.1) is 18.0 Å². The van der Waals surface area contributed by atoms with Crippen molar-refractivity contribution >= 4 is 40.9 Å². The molecule has 180 valence electrons. The minimum Gasteiger partial charge on any atom is -0.370 e. The maximum Gasteiger partial charge on any atom is 0.247 e. The number of alkyl halides is 1. The Labute approximate surface area is 197 Å². The molecule has 33 heavy (non-hydrogen) atoms. The summed E-state index contributed by atoms with van der Waals surface area (Å²) in [6.45, 7) is 0.771. The number of imide groups is 1. The van der Waals surface area contributed by atoms with Gasteiger partial charge in [-0.15, -0.1) is 11.6 Å². The average Bonchev–Trinajstić information content (AvgIpc) is 3.35. The van der Waals surface area contributed by atoms with Crippen LogP contribution in [-0.2, 0) is 25.6 Å². The second kappa shape index (κ2) is 13.0. The fourth-order valence-electron chi connectivity index (χ4n) is 3.73. The Balaban J connectivity index is 2.35. The summed E-state index contributed by atoms with van der Waals surface area (Å²) in [6.07, 6.45) is 1.68. The van der Waals surface area contributed by atoms with E-state index in [1.54, 1.807) is 0 Å². The van der Waals surface area contributed by atoms with Gasteiger partial charge in [0.25, 0.3) is 0 Å². The van der Waals surface area contributed by atoms with Crippen LogP contribution >= 0.6 is 11.6 Å². The molecule has 11 heteroatoms. The third-order valence-electron chi connectivity index (χ3n) is 5.39. The smallest absolute Gasteiger partial charge is 0.247 e. The van der Waals surface area contributed by atoms with Gasteiger partial charge in [-0.3, -0.25) is 29.1 Å². The van der Waals surface area contributed by atoms with Crippen molar-refractivity contribution in [1.29, 1.82) is 0 Å². The van der Waals surface area contributed by atoms with Gasteiger partial charge in [0, 0.05) is 6.54 Å². The van der Waals surface area contributed by atoms with Crippen molar-refractivity contribution in [3.63, 3.8) is 0 Å². The molecule has 10 nitrogen and oxygen atoms in total. The number of carbonyl (C=O) groups is 4. The summed E-state index contributed by atoms with van der Waals surface area (Å²) in [4.78, 5) is 56.6. The highest BCUT2D eigenvalue weighted by atomic mass is 35.5. The molecule has 1 aromatic carbocycles. The lowest BCUT2D eigenvalue weighted by atomic mass is 9.98. The highest BCUT2D eigenvalue weighted by molar-refractivity contribution is 6.48. The molecule has 3 atom stereocenters. The number of nitrogens with zero attached hydrogens (tertiary/aromatic N) is 2. The molecule has 0 aromatic heterocycles. The first-order valence-electron chi connectivity index (χ1n) is 10.8. The van der Waals surface area contributed by atoms with Crippen molar-refractivity contribution in [2.45, 2.75) is 50.2 Å². The molecule has 0 aliphatic carbocycles. The first kappa shape index (κ1) is 26.4. The molecule has 2 rings (SSSR count). The van der Waals surface area contributed by atoms with Crippen molar-refractivity contribution in [3.8, 4) is 0 Å². The molecule has 7 N–H and O–H groups in total. The molecule has 0 saturated carbocycles. The van der Waals surface area contributed by atoms with Gasteiger partial charge in [0.2, 0.25) is 23.4 Å². The largest absolute Gasteiger partial charge is 0.370 e. The lowest BCUT2D eigenvalue weighted by Gasteiger charge is -2.32. The molecule has 1 saturated heterocycles. The molecule has 0 bridgehead atoms. The number of halogens is 1. The van der Waals surface area contributed by atoms with E-state index in [9.17, 15) is 19.2 Å². The van der Waals surface area contributed by atoms with Gasteiger partial charge in [-0.05, 0) is 44.2 Å². The van der Waals surface area contributed by atoms with Crippen molar-refractivity contribution in [2.75, 3.05) is 19.0 Å². The molecule has 0 spiro atoms. The molecular formula is C22H31ClN6O4. The number of Topliss-reactive ketones (excluding diaryl/α,β-unsaturated/α-hetero) is 2. The van der Waals surface area contributed by atoms with Gasteiger partial charge in [-0.25, -0.2) is 0 Å². The van der Waals surface area contributed by atoms with Crippen LogP contribution in [-0.4, -0.2) is 71.3 Å². The number of guanidine groups is 1. The van der Waals surface area contributed by atoms with Crippen molar-refractivity contribution < 1.29 is 19.2 Å².